The number of ether oxygens (including phenoxy) is 1. The molecule has 1 atom stereocenters. The van der Waals surface area contributed by atoms with Crippen LogP contribution >= 0.6 is 27.5 Å². The summed E-state index contributed by atoms with van der Waals surface area (Å²) >= 11 is 9.38. The Morgan fingerprint density at radius 1 is 1.53 bits per heavy atom. The third kappa shape index (κ3) is 2.86. The zero-order valence-corrected chi connectivity index (χ0v) is 10.9. The molecule has 1 aliphatic heterocycles. The highest BCUT2D eigenvalue weighted by atomic mass is 79.9. The third-order valence-corrected chi connectivity index (χ3v) is 3.43. The maximum absolute atomic E-state index is 5.92. The number of likely N-dealkylation sites (tertiary alicyclic amines) is 1. The molecule has 1 aromatic rings. The fraction of sp³-hybridized carbons (Fsp3) is 0.455. The van der Waals surface area contributed by atoms with Crippen LogP contribution < -0.4 is 4.74 Å². The van der Waals surface area contributed by atoms with Gasteiger partial charge in [0, 0.05) is 18.1 Å². The van der Waals surface area contributed by atoms with E-state index in [1.165, 1.54) is 0 Å². The molecule has 2 nitrogen and oxygen atoms in total. The number of halogens is 2. The highest BCUT2D eigenvalue weighted by Gasteiger charge is 2.21. The lowest BCUT2D eigenvalue weighted by atomic mass is 10.3. The van der Waals surface area contributed by atoms with Crippen molar-refractivity contribution in [3.05, 3.63) is 27.7 Å². The summed E-state index contributed by atoms with van der Waals surface area (Å²) in [6, 6.07) is 5.61. The molecule has 1 fully saturated rings. The second kappa shape index (κ2) is 4.73. The summed E-state index contributed by atoms with van der Waals surface area (Å²) in [5.41, 5.74) is 0. The van der Waals surface area contributed by atoms with Gasteiger partial charge in [-0.15, -0.1) is 0 Å². The van der Waals surface area contributed by atoms with Gasteiger partial charge in [0.15, 0.2) is 0 Å². The van der Waals surface area contributed by atoms with E-state index >= 15 is 0 Å². The van der Waals surface area contributed by atoms with Gasteiger partial charge in [-0.25, -0.2) is 0 Å². The van der Waals surface area contributed by atoms with E-state index in [9.17, 15) is 0 Å². The van der Waals surface area contributed by atoms with E-state index in [-0.39, 0.29) is 6.10 Å². The van der Waals surface area contributed by atoms with Crippen LogP contribution in [0.15, 0.2) is 22.7 Å². The minimum atomic E-state index is 0.282. The van der Waals surface area contributed by atoms with Crippen LogP contribution in [0.1, 0.15) is 6.42 Å². The third-order valence-electron chi connectivity index (χ3n) is 2.53. The van der Waals surface area contributed by atoms with Gasteiger partial charge in [0.2, 0.25) is 0 Å². The summed E-state index contributed by atoms with van der Waals surface area (Å²) in [7, 11) is 2.11. The van der Waals surface area contributed by atoms with Crippen molar-refractivity contribution in [2.24, 2.45) is 0 Å². The number of hydrogen-bond acceptors (Lipinski definition) is 2. The van der Waals surface area contributed by atoms with Gasteiger partial charge < -0.3 is 9.64 Å². The van der Waals surface area contributed by atoms with Crippen molar-refractivity contribution in [1.82, 2.24) is 4.90 Å². The molecule has 1 saturated heterocycles. The Hall–Kier alpha value is -0.250. The quantitative estimate of drug-likeness (QED) is 0.829. The smallest absolute Gasteiger partial charge is 0.135 e. The lowest BCUT2D eigenvalue weighted by Crippen LogP contribution is -2.21. The first kappa shape index (κ1) is 11.2. The molecule has 4 heteroatoms. The first-order valence-corrected chi connectivity index (χ1v) is 6.12. The van der Waals surface area contributed by atoms with Gasteiger partial charge in [-0.3, -0.25) is 0 Å². The van der Waals surface area contributed by atoms with Crippen LogP contribution in [0.25, 0.3) is 0 Å². The molecule has 0 aromatic heterocycles. The molecule has 15 heavy (non-hydrogen) atoms. The normalized spacial score (nSPS) is 21.9. The van der Waals surface area contributed by atoms with Gasteiger partial charge in [-0.1, -0.05) is 11.6 Å². The maximum Gasteiger partial charge on any atom is 0.135 e. The predicted molar refractivity (Wildman–Crippen MR) is 65.7 cm³/mol. The fourth-order valence-electron chi connectivity index (χ4n) is 1.74. The standard InChI is InChI=1S/C11H13BrClNO/c1-14-5-4-9(7-14)15-11-6-8(13)2-3-10(11)12/h2-3,6,9H,4-5,7H2,1H3. The zero-order valence-electron chi connectivity index (χ0n) is 8.54. The Balaban J connectivity index is 2.07. The van der Waals surface area contributed by atoms with Crippen molar-refractivity contribution in [2.45, 2.75) is 12.5 Å². The van der Waals surface area contributed by atoms with Crippen LogP contribution in [0.4, 0.5) is 0 Å². The Morgan fingerprint density at radius 3 is 3.00 bits per heavy atom. The molecular formula is C11H13BrClNO. The Morgan fingerprint density at radius 2 is 2.33 bits per heavy atom. The zero-order chi connectivity index (χ0) is 10.8. The molecule has 0 spiro atoms. The summed E-state index contributed by atoms with van der Waals surface area (Å²) < 4.78 is 6.84. The molecule has 0 aliphatic carbocycles. The Labute approximate surface area is 103 Å². The second-order valence-electron chi connectivity index (χ2n) is 3.87. The number of benzene rings is 1. The lowest BCUT2D eigenvalue weighted by Gasteiger charge is -2.15. The molecule has 0 amide bonds. The fourth-order valence-corrected chi connectivity index (χ4v) is 2.24. The van der Waals surface area contributed by atoms with E-state index in [0.29, 0.717) is 5.02 Å². The van der Waals surface area contributed by atoms with Crippen molar-refractivity contribution >= 4 is 27.5 Å². The lowest BCUT2D eigenvalue weighted by molar-refractivity contribution is 0.207. The molecule has 0 saturated carbocycles. The SMILES string of the molecule is CN1CCC(Oc2cc(Cl)ccc2Br)C1. The Kier molecular flexibility index (Phi) is 3.54. The van der Waals surface area contributed by atoms with E-state index in [1.807, 2.05) is 18.2 Å². The van der Waals surface area contributed by atoms with Crippen molar-refractivity contribution < 1.29 is 4.74 Å². The Bertz CT molecular complexity index is 358. The molecule has 0 radical (unpaired) electrons. The van der Waals surface area contributed by atoms with Gasteiger partial charge in [0.1, 0.15) is 11.9 Å². The minimum absolute atomic E-state index is 0.282. The van der Waals surface area contributed by atoms with Gasteiger partial charge >= 0.3 is 0 Å². The van der Waals surface area contributed by atoms with E-state index in [4.69, 9.17) is 16.3 Å². The van der Waals surface area contributed by atoms with Crippen molar-refractivity contribution in [3.63, 3.8) is 0 Å². The molecular weight excluding hydrogens is 277 g/mol. The average Bonchev–Trinajstić information content (AvgIpc) is 2.58. The maximum atomic E-state index is 5.92. The number of rotatable bonds is 2. The summed E-state index contributed by atoms with van der Waals surface area (Å²) in [4.78, 5) is 2.27. The molecule has 1 aliphatic rings. The van der Waals surface area contributed by atoms with Crippen LogP contribution in [0.5, 0.6) is 5.75 Å². The molecule has 2 rings (SSSR count). The summed E-state index contributed by atoms with van der Waals surface area (Å²) in [5.74, 6) is 0.836. The van der Waals surface area contributed by atoms with Crippen molar-refractivity contribution in [2.75, 3.05) is 20.1 Å². The monoisotopic (exact) mass is 289 g/mol. The second-order valence-corrected chi connectivity index (χ2v) is 5.16. The van der Waals surface area contributed by atoms with Crippen molar-refractivity contribution in [1.29, 1.82) is 0 Å². The van der Waals surface area contributed by atoms with Gasteiger partial charge in [-0.05, 0) is 47.6 Å². The molecule has 1 heterocycles. The van der Waals surface area contributed by atoms with Gasteiger partial charge in [-0.2, -0.15) is 0 Å². The van der Waals surface area contributed by atoms with E-state index < -0.39 is 0 Å². The summed E-state index contributed by atoms with van der Waals surface area (Å²) in [6.45, 7) is 2.09. The van der Waals surface area contributed by atoms with Crippen LogP contribution in [-0.4, -0.2) is 31.1 Å². The van der Waals surface area contributed by atoms with Crippen LogP contribution in [0.3, 0.4) is 0 Å². The van der Waals surface area contributed by atoms with E-state index in [2.05, 4.69) is 27.9 Å². The van der Waals surface area contributed by atoms with Gasteiger partial charge in [0.05, 0.1) is 4.47 Å². The van der Waals surface area contributed by atoms with Gasteiger partial charge in [0.25, 0.3) is 0 Å². The first-order chi connectivity index (χ1) is 7.15. The molecule has 0 N–H and O–H groups in total. The minimum Gasteiger partial charge on any atom is -0.488 e. The topological polar surface area (TPSA) is 12.5 Å². The number of nitrogens with zero attached hydrogens (tertiary/aromatic N) is 1. The molecule has 1 unspecified atom stereocenters. The molecule has 1 aromatic carbocycles. The predicted octanol–water partition coefficient (Wildman–Crippen LogP) is 3.19. The number of hydrogen-bond donors (Lipinski definition) is 0. The van der Waals surface area contributed by atoms with E-state index in [0.717, 1.165) is 29.7 Å². The molecule has 82 valence electrons. The van der Waals surface area contributed by atoms with Crippen LogP contribution in [-0.2, 0) is 0 Å². The number of likely N-dealkylation sites (N-methyl/N-ethyl adjacent to an activating group) is 1. The summed E-state index contributed by atoms with van der Waals surface area (Å²) in [5, 5.41) is 0.708. The molecule has 0 bridgehead atoms. The van der Waals surface area contributed by atoms with Crippen LogP contribution in [0.2, 0.25) is 5.02 Å². The van der Waals surface area contributed by atoms with E-state index in [1.54, 1.807) is 0 Å². The highest BCUT2D eigenvalue weighted by molar-refractivity contribution is 9.10. The van der Waals surface area contributed by atoms with Crippen LogP contribution in [0, 0.1) is 0 Å². The average molecular weight is 291 g/mol. The first-order valence-electron chi connectivity index (χ1n) is 4.95. The highest BCUT2D eigenvalue weighted by Crippen LogP contribution is 2.30. The summed E-state index contributed by atoms with van der Waals surface area (Å²) in [6.07, 6.45) is 1.36. The largest absolute Gasteiger partial charge is 0.488 e. The van der Waals surface area contributed by atoms with Crippen molar-refractivity contribution in [3.8, 4) is 5.75 Å².